The quantitative estimate of drug-likeness (QED) is 0.688. The van der Waals surface area contributed by atoms with Gasteiger partial charge in [0.15, 0.2) is 6.61 Å². The highest BCUT2D eigenvalue weighted by Crippen LogP contribution is 2.17. The maximum absolute atomic E-state index is 11.7. The molecule has 0 fully saturated rings. The van der Waals surface area contributed by atoms with E-state index in [0.717, 1.165) is 0 Å². The number of esters is 1. The third-order valence-corrected chi connectivity index (χ3v) is 2.38. The van der Waals surface area contributed by atoms with Crippen LogP contribution in [0.25, 0.3) is 0 Å². The van der Waals surface area contributed by atoms with Crippen molar-refractivity contribution in [2.24, 2.45) is 0 Å². The Morgan fingerprint density at radius 1 is 1.32 bits per heavy atom. The Hall–Kier alpha value is -1.33. The first kappa shape index (κ1) is 15.7. The summed E-state index contributed by atoms with van der Waals surface area (Å²) >= 11 is 11.4. The monoisotopic (exact) mass is 304 g/mol. The summed E-state index contributed by atoms with van der Waals surface area (Å²) in [6.45, 7) is 5.10. The lowest BCUT2D eigenvalue weighted by atomic mass is 10.1. The number of ether oxygens (including phenoxy) is 1. The maximum Gasteiger partial charge on any atom is 0.341 e. The summed E-state index contributed by atoms with van der Waals surface area (Å²) in [5.74, 6) is -1.11. The number of hydrogen-bond donors (Lipinski definition) is 1. The lowest BCUT2D eigenvalue weighted by Crippen LogP contribution is -2.42. The Kier molecular flexibility index (Phi) is 5.14. The normalized spacial score (nSPS) is 11.0. The summed E-state index contributed by atoms with van der Waals surface area (Å²) < 4.78 is 4.84. The minimum atomic E-state index is -0.724. The third kappa shape index (κ3) is 5.44. The number of pyridine rings is 1. The number of rotatable bonds is 3. The van der Waals surface area contributed by atoms with Crippen molar-refractivity contribution in [2.75, 3.05) is 6.61 Å². The second kappa shape index (κ2) is 6.21. The SMILES string of the molecule is CC(C)(C)NC(=O)COC(=O)c1ccc(Cl)nc1Cl. The zero-order chi connectivity index (χ0) is 14.6. The average Bonchev–Trinajstić information content (AvgIpc) is 2.23. The fourth-order valence-electron chi connectivity index (χ4n) is 1.23. The largest absolute Gasteiger partial charge is 0.452 e. The van der Waals surface area contributed by atoms with Crippen molar-refractivity contribution in [3.8, 4) is 0 Å². The number of halogens is 2. The highest BCUT2D eigenvalue weighted by Gasteiger charge is 2.17. The Balaban J connectivity index is 2.59. The van der Waals surface area contributed by atoms with Crippen LogP contribution in [-0.2, 0) is 9.53 Å². The van der Waals surface area contributed by atoms with E-state index in [2.05, 4.69) is 10.3 Å². The van der Waals surface area contributed by atoms with Gasteiger partial charge < -0.3 is 10.1 Å². The highest BCUT2D eigenvalue weighted by atomic mass is 35.5. The van der Waals surface area contributed by atoms with Gasteiger partial charge >= 0.3 is 5.97 Å². The highest BCUT2D eigenvalue weighted by molar-refractivity contribution is 6.34. The maximum atomic E-state index is 11.7. The van der Waals surface area contributed by atoms with Crippen LogP contribution in [0.5, 0.6) is 0 Å². The Morgan fingerprint density at radius 3 is 2.47 bits per heavy atom. The van der Waals surface area contributed by atoms with Crippen molar-refractivity contribution in [3.63, 3.8) is 0 Å². The topological polar surface area (TPSA) is 68.3 Å². The molecule has 1 heterocycles. The van der Waals surface area contributed by atoms with Crippen molar-refractivity contribution in [1.82, 2.24) is 10.3 Å². The van der Waals surface area contributed by atoms with E-state index in [1.807, 2.05) is 20.8 Å². The van der Waals surface area contributed by atoms with E-state index >= 15 is 0 Å². The van der Waals surface area contributed by atoms with Gasteiger partial charge in [0.2, 0.25) is 0 Å². The Bertz CT molecular complexity index is 498. The van der Waals surface area contributed by atoms with Crippen LogP contribution in [0, 0.1) is 0 Å². The molecule has 1 aromatic rings. The van der Waals surface area contributed by atoms with E-state index < -0.39 is 5.97 Å². The zero-order valence-electron chi connectivity index (χ0n) is 10.8. The number of nitrogens with one attached hydrogen (secondary N) is 1. The molecule has 0 aliphatic rings. The number of nitrogens with zero attached hydrogens (tertiary/aromatic N) is 1. The van der Waals surface area contributed by atoms with Crippen LogP contribution in [0.2, 0.25) is 10.3 Å². The predicted molar refractivity (Wildman–Crippen MR) is 72.4 cm³/mol. The van der Waals surface area contributed by atoms with E-state index in [-0.39, 0.29) is 33.9 Å². The molecule has 0 saturated heterocycles. The van der Waals surface area contributed by atoms with Crippen molar-refractivity contribution < 1.29 is 14.3 Å². The summed E-state index contributed by atoms with van der Waals surface area (Å²) in [7, 11) is 0. The summed E-state index contributed by atoms with van der Waals surface area (Å²) in [5, 5.41) is 2.78. The first-order valence-corrected chi connectivity index (χ1v) is 6.25. The zero-order valence-corrected chi connectivity index (χ0v) is 12.3. The van der Waals surface area contributed by atoms with E-state index in [1.165, 1.54) is 12.1 Å². The molecule has 1 aromatic heterocycles. The predicted octanol–water partition coefficient (Wildman–Crippen LogP) is 2.46. The molecule has 0 atom stereocenters. The molecule has 0 aliphatic heterocycles. The molecule has 0 aromatic carbocycles. The van der Waals surface area contributed by atoms with Crippen molar-refractivity contribution >= 4 is 35.1 Å². The van der Waals surface area contributed by atoms with Gasteiger partial charge in [-0.3, -0.25) is 4.79 Å². The number of aromatic nitrogens is 1. The van der Waals surface area contributed by atoms with Gasteiger partial charge in [0.1, 0.15) is 10.3 Å². The molecule has 0 aliphatic carbocycles. The summed E-state index contributed by atoms with van der Waals surface area (Å²) in [6.07, 6.45) is 0. The molecule has 1 amide bonds. The molecular formula is C12H14Cl2N2O3. The summed E-state index contributed by atoms with van der Waals surface area (Å²) in [6, 6.07) is 2.81. The smallest absolute Gasteiger partial charge is 0.341 e. The summed E-state index contributed by atoms with van der Waals surface area (Å²) in [4.78, 5) is 26.9. The van der Waals surface area contributed by atoms with Crippen molar-refractivity contribution in [1.29, 1.82) is 0 Å². The minimum absolute atomic E-state index is 0.0614. The fraction of sp³-hybridized carbons (Fsp3) is 0.417. The molecule has 0 saturated carbocycles. The van der Waals surface area contributed by atoms with Gasteiger partial charge in [-0.2, -0.15) is 0 Å². The Morgan fingerprint density at radius 2 is 1.95 bits per heavy atom. The van der Waals surface area contributed by atoms with Crippen LogP contribution in [0.1, 0.15) is 31.1 Å². The van der Waals surface area contributed by atoms with Gasteiger partial charge in [-0.05, 0) is 32.9 Å². The standard InChI is InChI=1S/C12H14Cl2N2O3/c1-12(2,3)16-9(17)6-19-11(18)7-4-5-8(13)15-10(7)14/h4-5H,6H2,1-3H3,(H,16,17). The second-order valence-electron chi connectivity index (χ2n) is 4.85. The minimum Gasteiger partial charge on any atom is -0.452 e. The third-order valence-electron chi connectivity index (χ3n) is 1.88. The van der Waals surface area contributed by atoms with Crippen molar-refractivity contribution in [2.45, 2.75) is 26.3 Å². The van der Waals surface area contributed by atoms with Crippen molar-refractivity contribution in [3.05, 3.63) is 28.0 Å². The van der Waals surface area contributed by atoms with E-state index in [0.29, 0.717) is 0 Å². The molecule has 1 rings (SSSR count). The van der Waals surface area contributed by atoms with Crippen LogP contribution >= 0.6 is 23.2 Å². The molecule has 104 valence electrons. The lowest BCUT2D eigenvalue weighted by Gasteiger charge is -2.20. The Labute approximate surface area is 121 Å². The number of hydrogen-bond acceptors (Lipinski definition) is 4. The molecule has 7 heteroatoms. The van der Waals surface area contributed by atoms with Crippen LogP contribution in [0.3, 0.4) is 0 Å². The van der Waals surface area contributed by atoms with E-state index in [4.69, 9.17) is 27.9 Å². The van der Waals surface area contributed by atoms with Crippen LogP contribution in [0.4, 0.5) is 0 Å². The molecule has 0 unspecified atom stereocenters. The first-order chi connectivity index (χ1) is 8.69. The second-order valence-corrected chi connectivity index (χ2v) is 5.59. The molecule has 19 heavy (non-hydrogen) atoms. The van der Waals surface area contributed by atoms with Crippen LogP contribution in [0.15, 0.2) is 12.1 Å². The lowest BCUT2D eigenvalue weighted by molar-refractivity contribution is -0.125. The van der Waals surface area contributed by atoms with E-state index in [1.54, 1.807) is 0 Å². The van der Waals surface area contributed by atoms with Crippen LogP contribution < -0.4 is 5.32 Å². The number of amides is 1. The van der Waals surface area contributed by atoms with Gasteiger partial charge in [-0.25, -0.2) is 9.78 Å². The van der Waals surface area contributed by atoms with Gasteiger partial charge in [-0.15, -0.1) is 0 Å². The molecule has 1 N–H and O–H groups in total. The summed E-state index contributed by atoms with van der Waals surface area (Å²) in [5.41, 5.74) is -0.321. The molecular weight excluding hydrogens is 291 g/mol. The van der Waals surface area contributed by atoms with E-state index in [9.17, 15) is 9.59 Å². The molecule has 5 nitrogen and oxygen atoms in total. The van der Waals surface area contributed by atoms with Gasteiger partial charge in [0.25, 0.3) is 5.91 Å². The van der Waals surface area contributed by atoms with Gasteiger partial charge in [0.05, 0.1) is 5.56 Å². The molecule has 0 bridgehead atoms. The molecule has 0 radical (unpaired) electrons. The van der Waals surface area contributed by atoms with Gasteiger partial charge in [-0.1, -0.05) is 23.2 Å². The number of carbonyl (C=O) groups excluding carboxylic acids is 2. The molecule has 0 spiro atoms. The van der Waals surface area contributed by atoms with Gasteiger partial charge in [0, 0.05) is 5.54 Å². The number of carbonyl (C=O) groups is 2. The fourth-order valence-corrected chi connectivity index (χ4v) is 1.65. The first-order valence-electron chi connectivity index (χ1n) is 5.49. The average molecular weight is 305 g/mol. The van der Waals surface area contributed by atoms with Crippen LogP contribution in [-0.4, -0.2) is 29.0 Å².